The van der Waals surface area contributed by atoms with E-state index in [0.29, 0.717) is 22.2 Å². The van der Waals surface area contributed by atoms with Crippen molar-refractivity contribution < 1.29 is 14.6 Å². The van der Waals surface area contributed by atoms with E-state index in [4.69, 9.17) is 21.4 Å². The number of hydrogen-bond donors (Lipinski definition) is 1. The predicted molar refractivity (Wildman–Crippen MR) is 74.0 cm³/mol. The summed E-state index contributed by atoms with van der Waals surface area (Å²) in [6.07, 6.45) is 0. The van der Waals surface area contributed by atoms with Gasteiger partial charge in [0.1, 0.15) is 5.75 Å². The second-order valence-electron chi connectivity index (χ2n) is 4.51. The first-order valence-electron chi connectivity index (χ1n) is 5.98. The lowest BCUT2D eigenvalue weighted by atomic mass is 10.1. The smallest absolute Gasteiger partial charge is 0.358 e. The van der Waals surface area contributed by atoms with E-state index in [0.717, 1.165) is 0 Å². The molecule has 2 rings (SSSR count). The first-order chi connectivity index (χ1) is 9.45. The van der Waals surface area contributed by atoms with E-state index >= 15 is 0 Å². The van der Waals surface area contributed by atoms with Gasteiger partial charge in [-0.1, -0.05) is 30.7 Å². The molecule has 1 heterocycles. The van der Waals surface area contributed by atoms with Crippen LogP contribution in [-0.4, -0.2) is 33.2 Å². The summed E-state index contributed by atoms with van der Waals surface area (Å²) in [4.78, 5) is 11.2. The molecule has 0 amide bonds. The minimum Gasteiger partial charge on any atom is -0.495 e. The van der Waals surface area contributed by atoms with Gasteiger partial charge in [0.2, 0.25) is 0 Å². The molecule has 0 bridgehead atoms. The van der Waals surface area contributed by atoms with Crippen LogP contribution in [0.15, 0.2) is 18.2 Å². The first-order valence-corrected chi connectivity index (χ1v) is 6.36. The van der Waals surface area contributed by atoms with Gasteiger partial charge in [-0.2, -0.15) is 0 Å². The number of methoxy groups -OCH3 is 1. The fraction of sp³-hybridized carbons (Fsp3) is 0.308. The van der Waals surface area contributed by atoms with Gasteiger partial charge in [0.05, 0.1) is 23.5 Å². The van der Waals surface area contributed by atoms with Crippen LogP contribution in [0.4, 0.5) is 0 Å². The number of rotatable bonds is 4. The Hall–Kier alpha value is -2.08. The van der Waals surface area contributed by atoms with Crippen LogP contribution in [0.25, 0.3) is 5.69 Å². The Bertz CT molecular complexity index is 652. The monoisotopic (exact) mass is 295 g/mol. The maximum absolute atomic E-state index is 11.2. The highest BCUT2D eigenvalue weighted by molar-refractivity contribution is 6.32. The largest absolute Gasteiger partial charge is 0.495 e. The second-order valence-corrected chi connectivity index (χ2v) is 4.92. The molecule has 0 fully saturated rings. The molecule has 0 atom stereocenters. The molecule has 0 unspecified atom stereocenters. The summed E-state index contributed by atoms with van der Waals surface area (Å²) in [6.45, 7) is 3.77. The van der Waals surface area contributed by atoms with Gasteiger partial charge in [0.15, 0.2) is 5.69 Å². The molecule has 20 heavy (non-hydrogen) atoms. The minimum absolute atomic E-state index is 0.0437. The second kappa shape index (κ2) is 5.50. The average Bonchev–Trinajstić information content (AvgIpc) is 2.84. The average molecular weight is 296 g/mol. The number of carboxylic acids is 1. The van der Waals surface area contributed by atoms with E-state index in [2.05, 4.69) is 10.3 Å². The van der Waals surface area contributed by atoms with Crippen molar-refractivity contribution in [2.75, 3.05) is 7.11 Å². The highest BCUT2D eigenvalue weighted by Crippen LogP contribution is 2.28. The zero-order valence-electron chi connectivity index (χ0n) is 11.3. The van der Waals surface area contributed by atoms with Crippen molar-refractivity contribution in [2.45, 2.75) is 19.8 Å². The summed E-state index contributed by atoms with van der Waals surface area (Å²) in [7, 11) is 1.51. The lowest BCUT2D eigenvalue weighted by Crippen LogP contribution is -2.08. The van der Waals surface area contributed by atoms with Crippen LogP contribution < -0.4 is 4.74 Å². The number of ether oxygens (including phenoxy) is 1. The molecule has 106 valence electrons. The number of carbonyl (C=O) groups is 1. The van der Waals surface area contributed by atoms with Gasteiger partial charge in [-0.25, -0.2) is 9.48 Å². The quantitative estimate of drug-likeness (QED) is 0.938. The summed E-state index contributed by atoms with van der Waals surface area (Å²) < 4.78 is 6.64. The van der Waals surface area contributed by atoms with Gasteiger partial charge in [0, 0.05) is 6.07 Å². The Balaban J connectivity index is 2.61. The Morgan fingerprint density at radius 3 is 2.70 bits per heavy atom. The Morgan fingerprint density at radius 1 is 1.45 bits per heavy atom. The zero-order valence-corrected chi connectivity index (χ0v) is 12.0. The van der Waals surface area contributed by atoms with Crippen molar-refractivity contribution in [1.82, 2.24) is 15.0 Å². The summed E-state index contributed by atoms with van der Waals surface area (Å²) in [6, 6.07) is 5.09. The standard InChI is InChI=1S/C13H14ClN3O3/c1-7(2)12-11(13(18)19)15-16-17(12)8-4-5-9(14)10(6-8)20-3/h4-7H,1-3H3,(H,18,19). The fourth-order valence-electron chi connectivity index (χ4n) is 1.93. The Morgan fingerprint density at radius 2 is 2.15 bits per heavy atom. The van der Waals surface area contributed by atoms with Gasteiger partial charge in [-0.05, 0) is 18.1 Å². The Labute approximate surface area is 120 Å². The molecule has 0 aliphatic heterocycles. The van der Waals surface area contributed by atoms with Gasteiger partial charge in [0.25, 0.3) is 0 Å². The first kappa shape index (κ1) is 14.3. The van der Waals surface area contributed by atoms with Crippen LogP contribution in [0.1, 0.15) is 35.9 Å². The third-order valence-corrected chi connectivity index (χ3v) is 3.15. The third kappa shape index (κ3) is 2.46. The van der Waals surface area contributed by atoms with E-state index in [1.807, 2.05) is 13.8 Å². The topological polar surface area (TPSA) is 77.2 Å². The van der Waals surface area contributed by atoms with Crippen molar-refractivity contribution >= 4 is 17.6 Å². The SMILES string of the molecule is COc1cc(-n2nnc(C(=O)O)c2C(C)C)ccc1Cl. The predicted octanol–water partition coefficient (Wildman–Crippen LogP) is 2.75. The molecular formula is C13H14ClN3O3. The highest BCUT2D eigenvalue weighted by atomic mass is 35.5. The summed E-state index contributed by atoms with van der Waals surface area (Å²) in [5.41, 5.74) is 1.13. The van der Waals surface area contributed by atoms with E-state index in [1.165, 1.54) is 11.8 Å². The Kier molecular flexibility index (Phi) is 3.94. The van der Waals surface area contributed by atoms with Crippen molar-refractivity contribution in [3.05, 3.63) is 34.6 Å². The lowest BCUT2D eigenvalue weighted by Gasteiger charge is -2.11. The molecule has 7 heteroatoms. The van der Waals surface area contributed by atoms with Gasteiger partial charge < -0.3 is 9.84 Å². The van der Waals surface area contributed by atoms with E-state index in [9.17, 15) is 4.79 Å². The number of aromatic carboxylic acids is 1. The van der Waals surface area contributed by atoms with Gasteiger partial charge in [-0.3, -0.25) is 0 Å². The van der Waals surface area contributed by atoms with Gasteiger partial charge >= 0.3 is 5.97 Å². The molecule has 2 aromatic rings. The van der Waals surface area contributed by atoms with Crippen LogP contribution >= 0.6 is 11.6 Å². The summed E-state index contributed by atoms with van der Waals surface area (Å²) in [5.74, 6) is -0.648. The molecule has 0 aliphatic rings. The van der Waals surface area contributed by atoms with Crippen LogP contribution in [-0.2, 0) is 0 Å². The van der Waals surface area contributed by atoms with Crippen LogP contribution in [0, 0.1) is 0 Å². The van der Waals surface area contributed by atoms with E-state index in [1.54, 1.807) is 18.2 Å². The number of carboxylic acid groups (broad SMARTS) is 1. The molecular weight excluding hydrogens is 282 g/mol. The fourth-order valence-corrected chi connectivity index (χ4v) is 2.13. The van der Waals surface area contributed by atoms with E-state index < -0.39 is 5.97 Å². The molecule has 0 spiro atoms. The molecule has 1 aromatic heterocycles. The van der Waals surface area contributed by atoms with Crippen molar-refractivity contribution in [1.29, 1.82) is 0 Å². The normalized spacial score (nSPS) is 10.8. The number of halogens is 1. The summed E-state index contributed by atoms with van der Waals surface area (Å²) >= 11 is 5.98. The molecule has 0 aliphatic carbocycles. The zero-order chi connectivity index (χ0) is 14.9. The van der Waals surface area contributed by atoms with Crippen molar-refractivity contribution in [3.8, 4) is 11.4 Å². The van der Waals surface area contributed by atoms with Crippen LogP contribution in [0.5, 0.6) is 5.75 Å². The molecule has 6 nitrogen and oxygen atoms in total. The molecule has 1 aromatic carbocycles. The number of nitrogens with zero attached hydrogens (tertiary/aromatic N) is 3. The number of hydrogen-bond acceptors (Lipinski definition) is 4. The van der Waals surface area contributed by atoms with Crippen molar-refractivity contribution in [3.63, 3.8) is 0 Å². The highest BCUT2D eigenvalue weighted by Gasteiger charge is 2.22. The molecule has 0 saturated heterocycles. The maximum atomic E-state index is 11.2. The van der Waals surface area contributed by atoms with E-state index in [-0.39, 0.29) is 11.6 Å². The summed E-state index contributed by atoms with van der Waals surface area (Å²) in [5, 5.41) is 17.3. The molecule has 0 saturated carbocycles. The third-order valence-electron chi connectivity index (χ3n) is 2.83. The van der Waals surface area contributed by atoms with Crippen LogP contribution in [0.2, 0.25) is 5.02 Å². The minimum atomic E-state index is -1.10. The van der Waals surface area contributed by atoms with Crippen molar-refractivity contribution in [2.24, 2.45) is 0 Å². The number of benzene rings is 1. The molecule has 0 radical (unpaired) electrons. The van der Waals surface area contributed by atoms with Crippen LogP contribution in [0.3, 0.4) is 0 Å². The lowest BCUT2D eigenvalue weighted by molar-refractivity contribution is 0.0688. The molecule has 1 N–H and O–H groups in total. The number of aromatic nitrogens is 3. The van der Waals surface area contributed by atoms with Gasteiger partial charge in [-0.15, -0.1) is 5.10 Å². The maximum Gasteiger partial charge on any atom is 0.358 e.